The smallest absolute Gasteiger partial charge is 0.309 e. The van der Waals surface area contributed by atoms with E-state index < -0.39 is 0 Å². The van der Waals surface area contributed by atoms with Gasteiger partial charge in [0.1, 0.15) is 6.61 Å². The SMILES string of the molecule is Cn1cc(C2CC2C(=O)OCc2ccccc2)nn1. The normalized spacial score (nSPS) is 21.1. The Hall–Kier alpha value is -2.17. The maximum Gasteiger partial charge on any atom is 0.309 e. The zero-order valence-electron chi connectivity index (χ0n) is 10.7. The van der Waals surface area contributed by atoms with Crippen molar-refractivity contribution >= 4 is 5.97 Å². The predicted molar refractivity (Wildman–Crippen MR) is 68.1 cm³/mol. The topological polar surface area (TPSA) is 57.0 Å². The number of nitrogens with zero attached hydrogens (tertiary/aromatic N) is 3. The molecule has 2 aromatic rings. The highest BCUT2D eigenvalue weighted by molar-refractivity contribution is 5.77. The lowest BCUT2D eigenvalue weighted by molar-refractivity contribution is -0.146. The molecular weight excluding hydrogens is 242 g/mol. The Kier molecular flexibility index (Phi) is 3.03. The van der Waals surface area contributed by atoms with Gasteiger partial charge >= 0.3 is 5.97 Å². The van der Waals surface area contributed by atoms with Gasteiger partial charge < -0.3 is 4.74 Å². The van der Waals surface area contributed by atoms with Gasteiger partial charge in [-0.25, -0.2) is 0 Å². The molecule has 1 heterocycles. The van der Waals surface area contributed by atoms with Crippen LogP contribution in [0.5, 0.6) is 0 Å². The van der Waals surface area contributed by atoms with Crippen molar-refractivity contribution in [3.63, 3.8) is 0 Å². The van der Waals surface area contributed by atoms with E-state index in [1.807, 2.05) is 43.6 Å². The highest BCUT2D eigenvalue weighted by Crippen LogP contribution is 2.47. The van der Waals surface area contributed by atoms with Gasteiger partial charge in [0.05, 0.1) is 11.6 Å². The third kappa shape index (κ3) is 2.65. The fraction of sp³-hybridized carbons (Fsp3) is 0.357. The number of carbonyl (C=O) groups is 1. The Balaban J connectivity index is 1.53. The number of aromatic nitrogens is 3. The standard InChI is InChI=1S/C14H15N3O2/c1-17-8-13(15-16-17)11-7-12(11)14(18)19-9-10-5-3-2-4-6-10/h2-6,8,11-12H,7,9H2,1H3. The molecule has 1 aromatic carbocycles. The van der Waals surface area contributed by atoms with E-state index in [4.69, 9.17) is 4.74 Å². The van der Waals surface area contributed by atoms with E-state index in [1.165, 1.54) is 0 Å². The molecule has 0 spiro atoms. The first-order valence-electron chi connectivity index (χ1n) is 6.31. The fourth-order valence-corrected chi connectivity index (χ4v) is 2.15. The van der Waals surface area contributed by atoms with E-state index in [9.17, 15) is 4.79 Å². The number of ether oxygens (including phenoxy) is 1. The quantitative estimate of drug-likeness (QED) is 0.782. The minimum absolute atomic E-state index is 0.0552. The lowest BCUT2D eigenvalue weighted by atomic mass is 10.2. The van der Waals surface area contributed by atoms with Crippen LogP contribution in [0.25, 0.3) is 0 Å². The van der Waals surface area contributed by atoms with Gasteiger partial charge in [0.15, 0.2) is 0 Å². The number of hydrogen-bond donors (Lipinski definition) is 0. The molecule has 0 N–H and O–H groups in total. The van der Waals surface area contributed by atoms with Crippen molar-refractivity contribution in [2.45, 2.75) is 18.9 Å². The van der Waals surface area contributed by atoms with Gasteiger partial charge in [-0.2, -0.15) is 0 Å². The van der Waals surface area contributed by atoms with Crippen molar-refractivity contribution in [3.8, 4) is 0 Å². The third-order valence-electron chi connectivity index (χ3n) is 3.32. The second-order valence-electron chi connectivity index (χ2n) is 4.86. The van der Waals surface area contributed by atoms with Crippen molar-refractivity contribution in [1.82, 2.24) is 15.0 Å². The summed E-state index contributed by atoms with van der Waals surface area (Å²) in [4.78, 5) is 11.9. The van der Waals surface area contributed by atoms with Crippen LogP contribution in [0.2, 0.25) is 0 Å². The molecular formula is C14H15N3O2. The summed E-state index contributed by atoms with van der Waals surface area (Å²) in [5.41, 5.74) is 1.89. The molecule has 0 bridgehead atoms. The Labute approximate surface area is 111 Å². The van der Waals surface area contributed by atoms with Crippen LogP contribution in [0.4, 0.5) is 0 Å². The summed E-state index contributed by atoms with van der Waals surface area (Å²) in [7, 11) is 1.82. The molecule has 0 radical (unpaired) electrons. The molecule has 19 heavy (non-hydrogen) atoms. The Bertz CT molecular complexity index is 579. The number of aryl methyl sites for hydroxylation is 1. The summed E-state index contributed by atoms with van der Waals surface area (Å²) < 4.78 is 6.97. The highest BCUT2D eigenvalue weighted by Gasteiger charge is 2.46. The lowest BCUT2D eigenvalue weighted by Crippen LogP contribution is -2.08. The van der Waals surface area contributed by atoms with Crippen molar-refractivity contribution in [3.05, 3.63) is 47.8 Å². The van der Waals surface area contributed by atoms with Crippen molar-refractivity contribution < 1.29 is 9.53 Å². The molecule has 0 aliphatic heterocycles. The second kappa shape index (κ2) is 4.84. The number of rotatable bonds is 4. The van der Waals surface area contributed by atoms with Gasteiger partial charge in [-0.15, -0.1) is 5.10 Å². The van der Waals surface area contributed by atoms with Crippen LogP contribution in [0.3, 0.4) is 0 Å². The summed E-state index contributed by atoms with van der Waals surface area (Å²) >= 11 is 0. The molecule has 1 aliphatic rings. The molecule has 1 saturated carbocycles. The Morgan fingerprint density at radius 2 is 2.21 bits per heavy atom. The van der Waals surface area contributed by atoms with E-state index >= 15 is 0 Å². The van der Waals surface area contributed by atoms with Gasteiger partial charge in [-0.3, -0.25) is 9.48 Å². The molecule has 5 nitrogen and oxygen atoms in total. The lowest BCUT2D eigenvalue weighted by Gasteiger charge is -2.03. The summed E-state index contributed by atoms with van der Waals surface area (Å²) in [5.74, 6) is -0.0168. The van der Waals surface area contributed by atoms with E-state index in [-0.39, 0.29) is 17.8 Å². The minimum Gasteiger partial charge on any atom is -0.461 e. The molecule has 3 rings (SSSR count). The highest BCUT2D eigenvalue weighted by atomic mass is 16.5. The van der Waals surface area contributed by atoms with Crippen LogP contribution in [0.15, 0.2) is 36.5 Å². The number of benzene rings is 1. The summed E-state index contributed by atoms with van der Waals surface area (Å²) in [6.07, 6.45) is 2.67. The van der Waals surface area contributed by atoms with Crippen LogP contribution in [-0.2, 0) is 23.2 Å². The Morgan fingerprint density at radius 1 is 1.42 bits per heavy atom. The number of hydrogen-bond acceptors (Lipinski definition) is 4. The summed E-state index contributed by atoms with van der Waals surface area (Å²) in [6.45, 7) is 0.337. The zero-order valence-corrected chi connectivity index (χ0v) is 10.7. The van der Waals surface area contributed by atoms with Gasteiger partial charge in [-0.05, 0) is 12.0 Å². The maximum atomic E-state index is 11.9. The van der Waals surface area contributed by atoms with Crippen molar-refractivity contribution in [2.24, 2.45) is 13.0 Å². The molecule has 1 aliphatic carbocycles. The first-order valence-corrected chi connectivity index (χ1v) is 6.31. The minimum atomic E-state index is -0.139. The maximum absolute atomic E-state index is 11.9. The van der Waals surface area contributed by atoms with Gasteiger partial charge in [0.2, 0.25) is 0 Å². The predicted octanol–water partition coefficient (Wildman–Crippen LogP) is 1.66. The van der Waals surface area contributed by atoms with Crippen molar-refractivity contribution in [1.29, 1.82) is 0 Å². The average Bonchev–Trinajstić information content (AvgIpc) is 3.13. The summed E-state index contributed by atoms with van der Waals surface area (Å²) in [5, 5.41) is 7.91. The first kappa shape index (κ1) is 11.9. The van der Waals surface area contributed by atoms with Crippen LogP contribution >= 0.6 is 0 Å². The van der Waals surface area contributed by atoms with E-state index in [1.54, 1.807) is 4.68 Å². The molecule has 2 atom stereocenters. The fourth-order valence-electron chi connectivity index (χ4n) is 2.15. The van der Waals surface area contributed by atoms with Crippen LogP contribution in [0, 0.1) is 5.92 Å². The monoisotopic (exact) mass is 257 g/mol. The average molecular weight is 257 g/mol. The third-order valence-corrected chi connectivity index (χ3v) is 3.32. The van der Waals surface area contributed by atoms with Crippen LogP contribution in [-0.4, -0.2) is 21.0 Å². The van der Waals surface area contributed by atoms with Gasteiger partial charge in [-0.1, -0.05) is 35.5 Å². The van der Waals surface area contributed by atoms with Crippen molar-refractivity contribution in [2.75, 3.05) is 0 Å². The molecule has 1 aromatic heterocycles. The zero-order chi connectivity index (χ0) is 13.2. The van der Waals surface area contributed by atoms with Gasteiger partial charge in [0, 0.05) is 19.2 Å². The number of esters is 1. The molecule has 5 heteroatoms. The number of carbonyl (C=O) groups excluding carboxylic acids is 1. The van der Waals surface area contributed by atoms with Crippen LogP contribution in [0.1, 0.15) is 23.6 Å². The van der Waals surface area contributed by atoms with E-state index in [0.29, 0.717) is 6.61 Å². The molecule has 0 amide bonds. The molecule has 0 saturated heterocycles. The first-order chi connectivity index (χ1) is 9.24. The molecule has 98 valence electrons. The van der Waals surface area contributed by atoms with Crippen LogP contribution < -0.4 is 0 Å². The van der Waals surface area contributed by atoms with Gasteiger partial charge in [0.25, 0.3) is 0 Å². The largest absolute Gasteiger partial charge is 0.461 e. The molecule has 1 fully saturated rings. The second-order valence-corrected chi connectivity index (χ2v) is 4.86. The van der Waals surface area contributed by atoms with E-state index in [0.717, 1.165) is 17.7 Å². The summed E-state index contributed by atoms with van der Waals surface area (Å²) in [6, 6.07) is 9.70. The Morgan fingerprint density at radius 3 is 2.89 bits per heavy atom. The van der Waals surface area contributed by atoms with E-state index in [2.05, 4.69) is 10.3 Å². The molecule has 2 unspecified atom stereocenters.